The normalized spacial score (nSPS) is 14.3. The van der Waals surface area contributed by atoms with E-state index >= 15 is 0 Å². The Labute approximate surface area is 175 Å². The first kappa shape index (κ1) is 27.9. The zero-order chi connectivity index (χ0) is 21.1. The van der Waals surface area contributed by atoms with Crippen LogP contribution in [-0.4, -0.2) is 29.4 Å². The van der Waals surface area contributed by atoms with E-state index in [0.717, 1.165) is 70.6 Å². The van der Waals surface area contributed by atoms with Crippen molar-refractivity contribution in [2.75, 3.05) is 0 Å². The van der Waals surface area contributed by atoms with Gasteiger partial charge in [0, 0.05) is 0 Å². The van der Waals surface area contributed by atoms with E-state index in [9.17, 15) is 18.1 Å². The first-order valence-electron chi connectivity index (χ1n) is 12.1. The predicted octanol–water partition coefficient (Wildman–Crippen LogP) is 7.06. The molecule has 2 atom stereocenters. The summed E-state index contributed by atoms with van der Waals surface area (Å²) in [5, 5.41) is 9.25. The van der Waals surface area contributed by atoms with Crippen molar-refractivity contribution < 1.29 is 18.1 Å². The highest BCUT2D eigenvalue weighted by atomic mass is 32.2. The summed E-state index contributed by atoms with van der Waals surface area (Å²) in [6.45, 7) is 4.26. The van der Waals surface area contributed by atoms with E-state index in [1.165, 1.54) is 38.5 Å². The summed E-state index contributed by atoms with van der Waals surface area (Å²) >= 11 is 0. The molecular weight excluding hydrogens is 372 g/mol. The molecule has 0 fully saturated rings. The molecule has 0 aromatic rings. The molecule has 0 bridgehead atoms. The van der Waals surface area contributed by atoms with Gasteiger partial charge in [-0.25, -0.2) is 0 Å². The van der Waals surface area contributed by atoms with Gasteiger partial charge in [0.25, 0.3) is 10.1 Å². The van der Waals surface area contributed by atoms with Crippen LogP contribution in [-0.2, 0) is 10.1 Å². The van der Waals surface area contributed by atoms with E-state index in [1.807, 2.05) is 0 Å². The Hall–Kier alpha value is -0.130. The highest BCUT2D eigenvalue weighted by Gasteiger charge is 2.21. The summed E-state index contributed by atoms with van der Waals surface area (Å²) in [4.78, 5) is 0. The fraction of sp³-hybridized carbons (Fsp3) is 1.00. The minimum absolute atomic E-state index is 0.0907. The number of hydrogen-bond donors (Lipinski definition) is 2. The van der Waals surface area contributed by atoms with Crippen LogP contribution >= 0.6 is 0 Å². The maximum Gasteiger partial charge on any atom is 0.267 e. The molecule has 0 saturated heterocycles. The van der Waals surface area contributed by atoms with Gasteiger partial charge in [-0.2, -0.15) is 8.42 Å². The van der Waals surface area contributed by atoms with Crippen LogP contribution in [0.3, 0.4) is 0 Å². The van der Waals surface area contributed by atoms with Crippen molar-refractivity contribution in [3.8, 4) is 0 Å². The van der Waals surface area contributed by atoms with Gasteiger partial charge in [0.15, 0.2) is 0 Å². The zero-order valence-corrected chi connectivity index (χ0v) is 19.5. The SMILES string of the molecule is CCCCCC(CCCCCCCCCCCCC(O)CCCC)S(=O)(=O)O. The van der Waals surface area contributed by atoms with Crippen molar-refractivity contribution in [1.82, 2.24) is 0 Å². The third kappa shape index (κ3) is 17.9. The Morgan fingerprint density at radius 3 is 1.36 bits per heavy atom. The number of rotatable bonds is 21. The fourth-order valence-corrected chi connectivity index (χ4v) is 4.74. The van der Waals surface area contributed by atoms with Gasteiger partial charge in [-0.05, 0) is 25.7 Å². The molecule has 0 radical (unpaired) electrons. The Morgan fingerprint density at radius 1 is 0.571 bits per heavy atom. The quantitative estimate of drug-likeness (QED) is 0.154. The number of hydrogen-bond acceptors (Lipinski definition) is 3. The van der Waals surface area contributed by atoms with Crippen molar-refractivity contribution in [3.63, 3.8) is 0 Å². The van der Waals surface area contributed by atoms with Crippen molar-refractivity contribution in [2.24, 2.45) is 0 Å². The molecule has 28 heavy (non-hydrogen) atoms. The third-order valence-corrected chi connectivity index (χ3v) is 7.07. The van der Waals surface area contributed by atoms with E-state index < -0.39 is 15.4 Å². The van der Waals surface area contributed by atoms with Crippen molar-refractivity contribution in [3.05, 3.63) is 0 Å². The summed E-state index contributed by atoms with van der Waals surface area (Å²) in [6, 6.07) is 0. The van der Waals surface area contributed by atoms with Crippen LogP contribution in [0.1, 0.15) is 136 Å². The monoisotopic (exact) mass is 420 g/mol. The second-order valence-corrected chi connectivity index (χ2v) is 10.2. The molecule has 5 heteroatoms. The van der Waals surface area contributed by atoms with E-state index in [-0.39, 0.29) is 6.10 Å². The maximum atomic E-state index is 11.5. The van der Waals surface area contributed by atoms with Gasteiger partial charge in [0.2, 0.25) is 0 Å². The molecular formula is C23H48O4S. The zero-order valence-electron chi connectivity index (χ0n) is 18.7. The Balaban J connectivity index is 3.48. The summed E-state index contributed by atoms with van der Waals surface area (Å²) in [5.74, 6) is 0. The van der Waals surface area contributed by atoms with E-state index in [1.54, 1.807) is 0 Å². The molecule has 2 unspecified atom stereocenters. The summed E-state index contributed by atoms with van der Waals surface area (Å²) in [7, 11) is -3.88. The lowest BCUT2D eigenvalue weighted by Crippen LogP contribution is -2.20. The average molecular weight is 421 g/mol. The molecule has 0 aromatic heterocycles. The highest BCUT2D eigenvalue weighted by Crippen LogP contribution is 2.19. The molecule has 4 nitrogen and oxygen atoms in total. The topological polar surface area (TPSA) is 74.6 Å². The standard InChI is InChI=1S/C23H48O4S/c1-3-5-15-20-23(28(25,26)27)21-17-14-12-10-8-7-9-11-13-16-19-22(24)18-6-4-2/h22-24H,3-21H2,1-2H3,(H,25,26,27). The number of unbranched alkanes of at least 4 members (excludes halogenated alkanes) is 12. The van der Waals surface area contributed by atoms with Crippen molar-refractivity contribution in [2.45, 2.75) is 147 Å². The van der Waals surface area contributed by atoms with Gasteiger partial charge < -0.3 is 5.11 Å². The van der Waals surface area contributed by atoms with Crippen LogP contribution in [0.5, 0.6) is 0 Å². The molecule has 0 spiro atoms. The van der Waals surface area contributed by atoms with Gasteiger partial charge >= 0.3 is 0 Å². The van der Waals surface area contributed by atoms with Gasteiger partial charge in [-0.1, -0.05) is 110 Å². The van der Waals surface area contributed by atoms with Crippen LogP contribution in [0.4, 0.5) is 0 Å². The van der Waals surface area contributed by atoms with E-state index in [2.05, 4.69) is 13.8 Å². The van der Waals surface area contributed by atoms with Crippen molar-refractivity contribution in [1.29, 1.82) is 0 Å². The number of aliphatic hydroxyl groups is 1. The predicted molar refractivity (Wildman–Crippen MR) is 120 cm³/mol. The van der Waals surface area contributed by atoms with Crippen LogP contribution < -0.4 is 0 Å². The minimum Gasteiger partial charge on any atom is -0.393 e. The van der Waals surface area contributed by atoms with E-state index in [4.69, 9.17) is 0 Å². The van der Waals surface area contributed by atoms with Crippen LogP contribution in [0.25, 0.3) is 0 Å². The highest BCUT2D eigenvalue weighted by molar-refractivity contribution is 7.86. The molecule has 0 aliphatic heterocycles. The lowest BCUT2D eigenvalue weighted by molar-refractivity contribution is 0.148. The van der Waals surface area contributed by atoms with Crippen molar-refractivity contribution >= 4 is 10.1 Å². The summed E-state index contributed by atoms with van der Waals surface area (Å²) in [5.41, 5.74) is 0. The van der Waals surface area contributed by atoms with Gasteiger partial charge in [-0.3, -0.25) is 4.55 Å². The van der Waals surface area contributed by atoms with Gasteiger partial charge in [-0.15, -0.1) is 0 Å². The minimum atomic E-state index is -3.88. The Morgan fingerprint density at radius 2 is 0.929 bits per heavy atom. The first-order chi connectivity index (χ1) is 13.4. The molecule has 170 valence electrons. The fourth-order valence-electron chi connectivity index (χ4n) is 3.81. The van der Waals surface area contributed by atoms with Gasteiger partial charge in [0.05, 0.1) is 11.4 Å². The molecule has 0 rings (SSSR count). The lowest BCUT2D eigenvalue weighted by Gasteiger charge is -2.13. The molecule has 0 amide bonds. The van der Waals surface area contributed by atoms with Crippen LogP contribution in [0.2, 0.25) is 0 Å². The molecule has 0 heterocycles. The largest absolute Gasteiger partial charge is 0.393 e. The molecule has 0 aliphatic carbocycles. The molecule has 0 saturated carbocycles. The van der Waals surface area contributed by atoms with Crippen LogP contribution in [0.15, 0.2) is 0 Å². The second-order valence-electron chi connectivity index (χ2n) is 8.54. The first-order valence-corrected chi connectivity index (χ1v) is 13.6. The van der Waals surface area contributed by atoms with Gasteiger partial charge in [0.1, 0.15) is 0 Å². The lowest BCUT2D eigenvalue weighted by atomic mass is 10.0. The summed E-state index contributed by atoms with van der Waals surface area (Å²) < 4.78 is 32.3. The summed E-state index contributed by atoms with van der Waals surface area (Å²) in [6.07, 6.45) is 20.2. The van der Waals surface area contributed by atoms with E-state index in [0.29, 0.717) is 12.8 Å². The Kier molecular flexibility index (Phi) is 18.8. The Bertz CT molecular complexity index is 422. The third-order valence-electron chi connectivity index (χ3n) is 5.76. The molecule has 2 N–H and O–H groups in total. The smallest absolute Gasteiger partial charge is 0.267 e. The second kappa shape index (κ2) is 18.9. The molecule has 0 aromatic carbocycles. The maximum absolute atomic E-state index is 11.5. The molecule has 0 aliphatic rings. The number of aliphatic hydroxyl groups excluding tert-OH is 1. The van der Waals surface area contributed by atoms with Crippen LogP contribution in [0, 0.1) is 0 Å². The average Bonchev–Trinajstić information content (AvgIpc) is 2.64.